The zero-order valence-corrected chi connectivity index (χ0v) is 68.5. The number of phosphoric ester groups is 2. The van der Waals surface area contributed by atoms with Gasteiger partial charge in [0.1, 0.15) is 19.3 Å². The van der Waals surface area contributed by atoms with E-state index in [4.69, 9.17) is 37.0 Å². The first kappa shape index (κ1) is 100. The number of phosphoric acid groups is 2. The molecular formula is C83H162O17P2. The summed E-state index contributed by atoms with van der Waals surface area (Å²) >= 11 is 0. The lowest BCUT2D eigenvalue weighted by atomic mass is 9.99. The van der Waals surface area contributed by atoms with Crippen molar-refractivity contribution in [2.24, 2.45) is 5.92 Å². The van der Waals surface area contributed by atoms with Crippen LogP contribution >= 0.6 is 15.6 Å². The lowest BCUT2D eigenvalue weighted by Crippen LogP contribution is -2.30. The standard InChI is InChI=1S/C83H162O17P2/c1-6-10-13-16-19-22-24-26-28-35-38-42-47-52-57-62-67-81(86)94-73-79(100-83(88)69-64-59-54-49-44-40-36-32-30-29-31-34-37-41-46-50-55-60-65-76(5)9-4)75-98-102(91,92)96-71-77(84)70-95-101(89,90)97-74-78(72-93-80(85)66-61-56-51-45-21-18-15-12-8-3)99-82(87)68-63-58-53-48-43-39-33-27-25-23-20-17-14-11-7-2/h76-79,84H,6-75H2,1-5H3,(H,89,90)(H,91,92)/t76?,77-,78+,79+/m0/s1. The first-order chi connectivity index (χ1) is 49.6. The van der Waals surface area contributed by atoms with Gasteiger partial charge in [-0.15, -0.1) is 0 Å². The van der Waals surface area contributed by atoms with Crippen LogP contribution < -0.4 is 0 Å². The highest BCUT2D eigenvalue weighted by molar-refractivity contribution is 7.47. The second-order valence-electron chi connectivity index (χ2n) is 30.1. The van der Waals surface area contributed by atoms with Gasteiger partial charge in [0.25, 0.3) is 0 Å². The van der Waals surface area contributed by atoms with E-state index >= 15 is 0 Å². The average Bonchev–Trinajstić information content (AvgIpc) is 0.912. The molecule has 0 spiro atoms. The number of carbonyl (C=O) groups is 4. The van der Waals surface area contributed by atoms with E-state index in [9.17, 15) is 43.2 Å². The van der Waals surface area contributed by atoms with E-state index in [0.29, 0.717) is 25.7 Å². The van der Waals surface area contributed by atoms with Crippen LogP contribution in [0.5, 0.6) is 0 Å². The molecule has 0 fully saturated rings. The minimum atomic E-state index is -4.96. The van der Waals surface area contributed by atoms with Gasteiger partial charge in [-0.1, -0.05) is 394 Å². The van der Waals surface area contributed by atoms with Crippen LogP contribution in [0, 0.1) is 5.92 Å². The molecule has 6 atom stereocenters. The van der Waals surface area contributed by atoms with Crippen molar-refractivity contribution in [2.75, 3.05) is 39.6 Å². The maximum absolute atomic E-state index is 13.1. The lowest BCUT2D eigenvalue weighted by molar-refractivity contribution is -0.161. The summed E-state index contributed by atoms with van der Waals surface area (Å²) in [6.45, 7) is 7.40. The summed E-state index contributed by atoms with van der Waals surface area (Å²) in [4.78, 5) is 73.0. The summed E-state index contributed by atoms with van der Waals surface area (Å²) in [6.07, 6.45) is 67.9. The van der Waals surface area contributed by atoms with E-state index in [2.05, 4.69) is 34.6 Å². The molecule has 102 heavy (non-hydrogen) atoms. The Bertz CT molecular complexity index is 1950. The van der Waals surface area contributed by atoms with Gasteiger partial charge in [0.15, 0.2) is 12.2 Å². The van der Waals surface area contributed by atoms with Gasteiger partial charge >= 0.3 is 39.5 Å². The molecule has 3 unspecified atom stereocenters. The molecule has 0 aliphatic heterocycles. The Morgan fingerprint density at radius 3 is 0.696 bits per heavy atom. The molecule has 17 nitrogen and oxygen atoms in total. The van der Waals surface area contributed by atoms with Crippen LogP contribution in [0.4, 0.5) is 0 Å². The maximum Gasteiger partial charge on any atom is 0.472 e. The first-order valence-corrected chi connectivity index (χ1v) is 46.2. The van der Waals surface area contributed by atoms with Crippen molar-refractivity contribution in [1.29, 1.82) is 0 Å². The van der Waals surface area contributed by atoms with Gasteiger partial charge in [0.05, 0.1) is 26.4 Å². The van der Waals surface area contributed by atoms with Crippen molar-refractivity contribution in [1.82, 2.24) is 0 Å². The molecule has 606 valence electrons. The summed E-state index contributed by atoms with van der Waals surface area (Å²) in [5, 5.41) is 10.6. The minimum absolute atomic E-state index is 0.109. The van der Waals surface area contributed by atoms with Crippen LogP contribution in [0.3, 0.4) is 0 Å². The van der Waals surface area contributed by atoms with E-state index in [1.54, 1.807) is 0 Å². The Labute approximate surface area is 626 Å². The number of hydrogen-bond donors (Lipinski definition) is 3. The summed E-state index contributed by atoms with van der Waals surface area (Å²) in [5.41, 5.74) is 0. The molecule has 3 N–H and O–H groups in total. The molecule has 0 aliphatic rings. The number of aliphatic hydroxyl groups excluding tert-OH is 1. The van der Waals surface area contributed by atoms with Crippen LogP contribution in [0.2, 0.25) is 0 Å². The summed E-state index contributed by atoms with van der Waals surface area (Å²) < 4.78 is 68.7. The third kappa shape index (κ3) is 74.9. The highest BCUT2D eigenvalue weighted by Gasteiger charge is 2.30. The number of hydrogen-bond acceptors (Lipinski definition) is 15. The van der Waals surface area contributed by atoms with Crippen molar-refractivity contribution in [3.05, 3.63) is 0 Å². The van der Waals surface area contributed by atoms with Crippen molar-refractivity contribution < 1.29 is 80.2 Å². The fourth-order valence-electron chi connectivity index (χ4n) is 12.9. The molecule has 0 bridgehead atoms. The Hall–Kier alpha value is -1.94. The third-order valence-electron chi connectivity index (χ3n) is 19.9. The molecule has 0 heterocycles. The smallest absolute Gasteiger partial charge is 0.462 e. The first-order valence-electron chi connectivity index (χ1n) is 43.2. The summed E-state index contributed by atoms with van der Waals surface area (Å²) in [6, 6.07) is 0. The highest BCUT2D eigenvalue weighted by Crippen LogP contribution is 2.45. The molecule has 0 amide bonds. The molecular weight excluding hydrogens is 1330 g/mol. The monoisotopic (exact) mass is 1490 g/mol. The molecule has 0 radical (unpaired) electrons. The van der Waals surface area contributed by atoms with Gasteiger partial charge in [-0.05, 0) is 31.6 Å². The van der Waals surface area contributed by atoms with E-state index in [-0.39, 0.29) is 25.7 Å². The van der Waals surface area contributed by atoms with Crippen molar-refractivity contribution in [3.8, 4) is 0 Å². The van der Waals surface area contributed by atoms with Crippen LogP contribution in [-0.2, 0) is 65.4 Å². The zero-order chi connectivity index (χ0) is 74.8. The molecule has 0 saturated carbocycles. The van der Waals surface area contributed by atoms with Gasteiger partial charge in [-0.2, -0.15) is 0 Å². The van der Waals surface area contributed by atoms with Crippen LogP contribution in [0.15, 0.2) is 0 Å². The zero-order valence-electron chi connectivity index (χ0n) is 66.8. The molecule has 0 saturated heterocycles. The second kappa shape index (κ2) is 75.9. The summed E-state index contributed by atoms with van der Waals surface area (Å²) in [5.74, 6) is -1.23. The number of unbranched alkanes of at least 4 members (excludes halogenated alkanes) is 54. The van der Waals surface area contributed by atoms with E-state index in [0.717, 1.165) is 95.8 Å². The SMILES string of the molecule is CCCCCCCCCCCCCCCCCCC(=O)OC[C@H](COP(=O)(O)OC[C@@H](O)COP(=O)(O)OC[C@@H](COC(=O)CCCCCCCCCCC)OC(=O)CCCCCCCCCCCCCCCCC)OC(=O)CCCCCCCCCCCCCCCCCCCCC(C)CC. The average molecular weight is 1490 g/mol. The van der Waals surface area contributed by atoms with E-state index in [1.165, 1.54) is 270 Å². The molecule has 0 aliphatic carbocycles. The van der Waals surface area contributed by atoms with Crippen molar-refractivity contribution in [2.45, 2.75) is 464 Å². The Balaban J connectivity index is 5.20. The third-order valence-corrected chi connectivity index (χ3v) is 21.8. The topological polar surface area (TPSA) is 237 Å². The van der Waals surface area contributed by atoms with Crippen LogP contribution in [-0.4, -0.2) is 96.7 Å². The normalized spacial score (nSPS) is 14.1. The number of rotatable bonds is 83. The van der Waals surface area contributed by atoms with Gasteiger partial charge in [-0.3, -0.25) is 37.3 Å². The fraction of sp³-hybridized carbons (Fsp3) is 0.952. The van der Waals surface area contributed by atoms with Gasteiger partial charge < -0.3 is 33.8 Å². The van der Waals surface area contributed by atoms with Crippen molar-refractivity contribution in [3.63, 3.8) is 0 Å². The number of ether oxygens (including phenoxy) is 4. The van der Waals surface area contributed by atoms with E-state index in [1.807, 2.05) is 0 Å². The predicted molar refractivity (Wildman–Crippen MR) is 418 cm³/mol. The molecule has 0 aromatic rings. The largest absolute Gasteiger partial charge is 0.472 e. The Morgan fingerprint density at radius 2 is 0.471 bits per heavy atom. The Kier molecular flexibility index (Phi) is 74.4. The van der Waals surface area contributed by atoms with Gasteiger partial charge in [0, 0.05) is 25.7 Å². The lowest BCUT2D eigenvalue weighted by Gasteiger charge is -2.21. The van der Waals surface area contributed by atoms with Crippen LogP contribution in [0.25, 0.3) is 0 Å². The minimum Gasteiger partial charge on any atom is -0.462 e. The maximum atomic E-state index is 13.1. The Morgan fingerprint density at radius 1 is 0.275 bits per heavy atom. The highest BCUT2D eigenvalue weighted by atomic mass is 31.2. The van der Waals surface area contributed by atoms with Gasteiger partial charge in [0.2, 0.25) is 0 Å². The number of esters is 4. The number of carbonyl (C=O) groups excluding carboxylic acids is 4. The molecule has 0 rings (SSSR count). The van der Waals surface area contributed by atoms with Crippen molar-refractivity contribution >= 4 is 39.5 Å². The van der Waals surface area contributed by atoms with Crippen LogP contribution in [0.1, 0.15) is 446 Å². The fourth-order valence-corrected chi connectivity index (χ4v) is 14.5. The molecule has 0 aromatic carbocycles. The van der Waals surface area contributed by atoms with E-state index < -0.39 is 97.5 Å². The summed E-state index contributed by atoms with van der Waals surface area (Å²) in [7, 11) is -9.92. The molecule has 19 heteroatoms. The quantitative estimate of drug-likeness (QED) is 0.0222. The number of aliphatic hydroxyl groups is 1. The predicted octanol–water partition coefficient (Wildman–Crippen LogP) is 25.2. The van der Waals surface area contributed by atoms with Gasteiger partial charge in [-0.25, -0.2) is 9.13 Å². The molecule has 0 aromatic heterocycles. The second-order valence-corrected chi connectivity index (χ2v) is 33.0.